The smallest absolute Gasteiger partial charge is 0.0893 e. The first-order chi connectivity index (χ1) is 37.2. The number of pyridine rings is 4. The zero-order valence-corrected chi connectivity index (χ0v) is 41.1. The Hall–Kier alpha value is -10.0. The molecule has 0 fully saturated rings. The summed E-state index contributed by atoms with van der Waals surface area (Å²) in [4.78, 5) is 24.1. The largest absolute Gasteiger partial charge is 0.311 e. The van der Waals surface area contributed by atoms with Crippen molar-refractivity contribution in [3.05, 3.63) is 326 Å². The molecule has 0 N–H and O–H groups in total. The third-order valence-corrected chi connectivity index (χ3v) is 13.8. The van der Waals surface area contributed by atoms with Crippen LogP contribution in [0.2, 0.25) is 0 Å². The van der Waals surface area contributed by atoms with Gasteiger partial charge in [0, 0.05) is 57.6 Å². The summed E-state index contributed by atoms with van der Waals surface area (Å²) in [5, 5.41) is 0. The first kappa shape index (κ1) is 46.1. The normalized spacial score (nSPS) is 11.2. The average Bonchev–Trinajstić information content (AvgIpc) is 3.50. The van der Waals surface area contributed by atoms with Gasteiger partial charge in [-0.25, -0.2) is 9.97 Å². The molecule has 4 heterocycles. The molecule has 4 aromatic heterocycles. The fourth-order valence-corrected chi connectivity index (χ4v) is 10.2. The molecule has 0 bridgehead atoms. The molecule has 0 atom stereocenters. The van der Waals surface area contributed by atoms with Gasteiger partial charge in [0.15, 0.2) is 0 Å². The van der Waals surface area contributed by atoms with Crippen molar-refractivity contribution in [1.82, 2.24) is 19.9 Å². The van der Waals surface area contributed by atoms with Crippen molar-refractivity contribution in [2.45, 2.75) is 5.41 Å². The Morgan fingerprint density at radius 1 is 0.213 bits per heavy atom. The molecule has 0 saturated carbocycles. The number of para-hydroxylation sites is 4. The molecule has 0 aliphatic heterocycles. The highest BCUT2D eigenvalue weighted by Crippen LogP contribution is 2.48. The highest BCUT2D eigenvalue weighted by molar-refractivity contribution is 5.79. The lowest BCUT2D eigenvalue weighted by molar-refractivity contribution is 0.745. The lowest BCUT2D eigenvalue weighted by Crippen LogP contribution is -2.31. The number of benzene rings is 8. The van der Waals surface area contributed by atoms with Gasteiger partial charge in [0.05, 0.1) is 39.6 Å². The third kappa shape index (κ3) is 9.36. The second-order valence-electron chi connectivity index (χ2n) is 18.3. The van der Waals surface area contributed by atoms with Crippen LogP contribution < -0.4 is 9.80 Å². The molecule has 0 radical (unpaired) electrons. The summed E-state index contributed by atoms with van der Waals surface area (Å²) >= 11 is 0. The minimum Gasteiger partial charge on any atom is -0.311 e. The molecule has 6 heteroatoms. The number of rotatable bonds is 14. The standard InChI is InChI=1S/C69H50N6/c1-5-19-57(20-6-1)74(58-21-7-2-8-22-58)61-45-41-55(42-46-61)69(53-37-33-51(34-38-53)63-29-17-31-67(72-63)65-27-13-15-49-70-65,54-39-35-52(36-40-54)64-30-18-32-68(73-64)66-28-14-16-50-71-66)56-43-47-62(48-44-56)75(59-23-9-3-10-24-59)60-25-11-4-12-26-60/h1-50H. The molecule has 8 aromatic carbocycles. The average molecular weight is 963 g/mol. The quantitative estimate of drug-likeness (QED) is 0.101. The van der Waals surface area contributed by atoms with Crippen molar-refractivity contribution in [3.8, 4) is 45.3 Å². The first-order valence-electron chi connectivity index (χ1n) is 25.2. The molecular formula is C69H50N6. The lowest BCUT2D eigenvalue weighted by Gasteiger charge is -2.38. The van der Waals surface area contributed by atoms with Crippen molar-refractivity contribution in [2.75, 3.05) is 9.80 Å². The van der Waals surface area contributed by atoms with Crippen LogP contribution in [0.5, 0.6) is 0 Å². The number of hydrogen-bond donors (Lipinski definition) is 0. The van der Waals surface area contributed by atoms with Gasteiger partial charge < -0.3 is 9.80 Å². The number of nitrogens with zero attached hydrogens (tertiary/aromatic N) is 6. The molecule has 0 unspecified atom stereocenters. The van der Waals surface area contributed by atoms with Crippen molar-refractivity contribution >= 4 is 34.1 Å². The van der Waals surface area contributed by atoms with Gasteiger partial charge in [-0.05, 0) is 144 Å². The molecule has 6 nitrogen and oxygen atoms in total. The SMILES string of the molecule is c1ccc(N(c2ccccc2)c2ccc(C(c3ccc(-c4cccc(-c5ccccn5)n4)cc3)(c3ccc(-c4cccc(-c5ccccn5)n4)cc3)c3ccc(N(c4ccccc4)c4ccccc4)cc3)cc2)cc1. The molecule has 12 aromatic rings. The van der Waals surface area contributed by atoms with E-state index in [2.05, 4.69) is 262 Å². The van der Waals surface area contributed by atoms with E-state index in [1.165, 1.54) is 0 Å². The van der Waals surface area contributed by atoms with Crippen LogP contribution in [0.4, 0.5) is 34.1 Å². The summed E-state index contributed by atoms with van der Waals surface area (Å²) in [6, 6.07) is 103. The van der Waals surface area contributed by atoms with E-state index in [0.717, 1.165) is 102 Å². The van der Waals surface area contributed by atoms with Gasteiger partial charge in [0.1, 0.15) is 0 Å². The van der Waals surface area contributed by atoms with Crippen LogP contribution in [0.25, 0.3) is 45.3 Å². The number of hydrogen-bond acceptors (Lipinski definition) is 6. The van der Waals surface area contributed by atoms with Crippen LogP contribution in [0.3, 0.4) is 0 Å². The van der Waals surface area contributed by atoms with E-state index in [1.54, 1.807) is 12.4 Å². The molecule has 12 rings (SSSR count). The van der Waals surface area contributed by atoms with E-state index in [4.69, 9.17) is 9.97 Å². The summed E-state index contributed by atoms with van der Waals surface area (Å²) in [7, 11) is 0. The predicted octanol–water partition coefficient (Wildman–Crippen LogP) is 17.3. The van der Waals surface area contributed by atoms with E-state index in [9.17, 15) is 0 Å². The van der Waals surface area contributed by atoms with Crippen LogP contribution >= 0.6 is 0 Å². The third-order valence-electron chi connectivity index (χ3n) is 13.8. The minimum atomic E-state index is -0.824. The molecule has 356 valence electrons. The van der Waals surface area contributed by atoms with E-state index in [-0.39, 0.29) is 0 Å². The Kier molecular flexibility index (Phi) is 12.9. The summed E-state index contributed by atoms with van der Waals surface area (Å²) in [5.41, 5.74) is 17.1. The Bertz CT molecular complexity index is 3430. The summed E-state index contributed by atoms with van der Waals surface area (Å²) in [6.45, 7) is 0. The molecule has 0 amide bonds. The van der Waals surface area contributed by atoms with E-state index in [1.807, 2.05) is 48.5 Å². The molecule has 0 saturated heterocycles. The monoisotopic (exact) mass is 962 g/mol. The highest BCUT2D eigenvalue weighted by Gasteiger charge is 2.39. The van der Waals surface area contributed by atoms with Crippen LogP contribution in [-0.4, -0.2) is 19.9 Å². The van der Waals surface area contributed by atoms with Crippen molar-refractivity contribution < 1.29 is 0 Å². The summed E-state index contributed by atoms with van der Waals surface area (Å²) < 4.78 is 0. The second-order valence-corrected chi connectivity index (χ2v) is 18.3. The molecule has 75 heavy (non-hydrogen) atoms. The topological polar surface area (TPSA) is 58.0 Å². The van der Waals surface area contributed by atoms with Crippen LogP contribution in [0.1, 0.15) is 22.3 Å². The maximum Gasteiger partial charge on any atom is 0.0893 e. The van der Waals surface area contributed by atoms with Crippen molar-refractivity contribution in [1.29, 1.82) is 0 Å². The van der Waals surface area contributed by atoms with Crippen LogP contribution in [0.15, 0.2) is 304 Å². The Balaban J connectivity index is 1.05. The lowest BCUT2D eigenvalue weighted by atomic mass is 9.65. The van der Waals surface area contributed by atoms with Gasteiger partial charge in [-0.15, -0.1) is 0 Å². The first-order valence-corrected chi connectivity index (χ1v) is 25.2. The Morgan fingerprint density at radius 3 is 0.787 bits per heavy atom. The van der Waals surface area contributed by atoms with E-state index >= 15 is 0 Å². The fourth-order valence-electron chi connectivity index (χ4n) is 10.2. The van der Waals surface area contributed by atoms with Crippen molar-refractivity contribution in [2.24, 2.45) is 0 Å². The van der Waals surface area contributed by atoms with Gasteiger partial charge in [-0.3, -0.25) is 9.97 Å². The second kappa shape index (κ2) is 21.0. The van der Waals surface area contributed by atoms with Crippen LogP contribution in [-0.2, 0) is 5.41 Å². The highest BCUT2D eigenvalue weighted by atomic mass is 15.1. The molecule has 0 aliphatic carbocycles. The van der Waals surface area contributed by atoms with E-state index < -0.39 is 5.41 Å². The fraction of sp³-hybridized carbons (Fsp3) is 0.0145. The van der Waals surface area contributed by atoms with Gasteiger partial charge in [-0.2, -0.15) is 0 Å². The van der Waals surface area contributed by atoms with Gasteiger partial charge in [0.25, 0.3) is 0 Å². The van der Waals surface area contributed by atoms with Crippen LogP contribution in [0, 0.1) is 0 Å². The van der Waals surface area contributed by atoms with Crippen molar-refractivity contribution in [3.63, 3.8) is 0 Å². The number of anilines is 6. The van der Waals surface area contributed by atoms with Gasteiger partial charge >= 0.3 is 0 Å². The number of aromatic nitrogens is 4. The zero-order valence-electron chi connectivity index (χ0n) is 41.1. The van der Waals surface area contributed by atoms with E-state index in [0.29, 0.717) is 0 Å². The zero-order chi connectivity index (χ0) is 50.2. The van der Waals surface area contributed by atoms with Gasteiger partial charge in [0.2, 0.25) is 0 Å². The Labute approximate surface area is 438 Å². The Morgan fingerprint density at radius 2 is 0.480 bits per heavy atom. The molecule has 0 spiro atoms. The maximum absolute atomic E-state index is 5.11. The predicted molar refractivity (Wildman–Crippen MR) is 307 cm³/mol. The molecule has 0 aliphatic rings. The van der Waals surface area contributed by atoms with Gasteiger partial charge in [-0.1, -0.05) is 170 Å². The molecular weight excluding hydrogens is 913 g/mol. The summed E-state index contributed by atoms with van der Waals surface area (Å²) in [5.74, 6) is 0. The maximum atomic E-state index is 5.11. The minimum absolute atomic E-state index is 0.824. The summed E-state index contributed by atoms with van der Waals surface area (Å²) in [6.07, 6.45) is 3.61.